The van der Waals surface area contributed by atoms with Gasteiger partial charge in [0, 0.05) is 13.1 Å². The van der Waals surface area contributed by atoms with Gasteiger partial charge in [0.05, 0.1) is 24.9 Å². The van der Waals surface area contributed by atoms with Crippen molar-refractivity contribution in [2.24, 2.45) is 7.05 Å². The maximum Gasteiger partial charge on any atom is 0.254 e. The molecule has 0 saturated carbocycles. The molecule has 1 aromatic carbocycles. The molecule has 100 valence electrons. The molecule has 0 fully saturated rings. The number of ether oxygens (including phenoxy) is 1. The van der Waals surface area contributed by atoms with Crippen LogP contribution in [0.1, 0.15) is 16.1 Å². The van der Waals surface area contributed by atoms with Crippen molar-refractivity contribution < 1.29 is 13.9 Å². The summed E-state index contributed by atoms with van der Waals surface area (Å²) < 4.78 is 20.0. The van der Waals surface area contributed by atoms with Gasteiger partial charge in [0.25, 0.3) is 5.91 Å². The predicted molar refractivity (Wildman–Crippen MR) is 67.3 cm³/mol. The van der Waals surface area contributed by atoms with E-state index < -0.39 is 11.7 Å². The maximum atomic E-state index is 13.4. The van der Waals surface area contributed by atoms with E-state index in [-0.39, 0.29) is 12.1 Å². The van der Waals surface area contributed by atoms with Gasteiger partial charge in [-0.1, -0.05) is 12.1 Å². The van der Waals surface area contributed by atoms with Crippen LogP contribution < -0.4 is 10.1 Å². The molecule has 0 aliphatic heterocycles. The molecule has 0 aliphatic rings. The molecule has 19 heavy (non-hydrogen) atoms. The van der Waals surface area contributed by atoms with Crippen molar-refractivity contribution in [3.8, 4) is 5.88 Å². The van der Waals surface area contributed by atoms with Crippen LogP contribution in [-0.4, -0.2) is 22.8 Å². The van der Waals surface area contributed by atoms with Crippen molar-refractivity contribution in [3.05, 3.63) is 47.4 Å². The minimum Gasteiger partial charge on any atom is -0.481 e. The Morgan fingerprint density at radius 2 is 2.21 bits per heavy atom. The van der Waals surface area contributed by atoms with E-state index in [2.05, 4.69) is 10.4 Å². The third-order valence-corrected chi connectivity index (χ3v) is 2.65. The van der Waals surface area contributed by atoms with E-state index in [1.807, 2.05) is 0 Å². The van der Waals surface area contributed by atoms with Crippen molar-refractivity contribution in [1.82, 2.24) is 15.1 Å². The maximum absolute atomic E-state index is 13.4. The summed E-state index contributed by atoms with van der Waals surface area (Å²) in [6.45, 7) is 0.213. The quantitative estimate of drug-likeness (QED) is 0.909. The van der Waals surface area contributed by atoms with E-state index in [0.717, 1.165) is 0 Å². The van der Waals surface area contributed by atoms with Gasteiger partial charge in [-0.2, -0.15) is 5.10 Å². The molecule has 1 N–H and O–H groups in total. The number of amides is 1. The Hall–Kier alpha value is -2.37. The number of benzene rings is 1. The SMILES string of the molecule is COc1cc(CNC(=O)c2ccccc2F)nn1C. The third kappa shape index (κ3) is 2.90. The lowest BCUT2D eigenvalue weighted by Crippen LogP contribution is -2.24. The first-order valence-corrected chi connectivity index (χ1v) is 5.71. The summed E-state index contributed by atoms with van der Waals surface area (Å²) in [5.41, 5.74) is 0.662. The second-order valence-electron chi connectivity index (χ2n) is 3.96. The number of hydrogen-bond acceptors (Lipinski definition) is 3. The zero-order valence-electron chi connectivity index (χ0n) is 10.7. The molecule has 0 bridgehead atoms. The van der Waals surface area contributed by atoms with Crippen LogP contribution >= 0.6 is 0 Å². The predicted octanol–water partition coefficient (Wildman–Crippen LogP) is 1.50. The number of hydrogen-bond donors (Lipinski definition) is 1. The fourth-order valence-corrected chi connectivity index (χ4v) is 1.70. The van der Waals surface area contributed by atoms with Crippen molar-refractivity contribution >= 4 is 5.91 Å². The van der Waals surface area contributed by atoms with Crippen LogP contribution in [0.4, 0.5) is 4.39 Å². The molecule has 0 atom stereocenters. The Balaban J connectivity index is 2.02. The van der Waals surface area contributed by atoms with Crippen molar-refractivity contribution in [2.75, 3.05) is 7.11 Å². The van der Waals surface area contributed by atoms with Crippen molar-refractivity contribution in [2.45, 2.75) is 6.54 Å². The number of carbonyl (C=O) groups is 1. The van der Waals surface area contributed by atoms with Crippen molar-refractivity contribution in [3.63, 3.8) is 0 Å². The highest BCUT2D eigenvalue weighted by molar-refractivity contribution is 5.94. The minimum atomic E-state index is -0.543. The van der Waals surface area contributed by atoms with E-state index >= 15 is 0 Å². The van der Waals surface area contributed by atoms with Crippen LogP contribution in [0.25, 0.3) is 0 Å². The fraction of sp³-hybridized carbons (Fsp3) is 0.231. The van der Waals surface area contributed by atoms with Crippen molar-refractivity contribution in [1.29, 1.82) is 0 Å². The molecule has 2 rings (SSSR count). The summed E-state index contributed by atoms with van der Waals surface area (Å²) in [6, 6.07) is 7.54. The van der Waals surface area contributed by atoms with E-state index in [9.17, 15) is 9.18 Å². The summed E-state index contributed by atoms with van der Waals surface area (Å²) >= 11 is 0. The second-order valence-corrected chi connectivity index (χ2v) is 3.96. The first-order chi connectivity index (χ1) is 9.11. The van der Waals surface area contributed by atoms with Gasteiger partial charge < -0.3 is 10.1 Å². The van der Waals surface area contributed by atoms with E-state index in [0.29, 0.717) is 11.6 Å². The highest BCUT2D eigenvalue weighted by Crippen LogP contribution is 2.11. The monoisotopic (exact) mass is 263 g/mol. The van der Waals surface area contributed by atoms with Crippen LogP contribution in [0.2, 0.25) is 0 Å². The largest absolute Gasteiger partial charge is 0.481 e. The number of nitrogens with zero attached hydrogens (tertiary/aromatic N) is 2. The topological polar surface area (TPSA) is 56.1 Å². The Kier molecular flexibility index (Phi) is 3.79. The number of methoxy groups -OCH3 is 1. The molecule has 0 saturated heterocycles. The number of aromatic nitrogens is 2. The lowest BCUT2D eigenvalue weighted by atomic mass is 10.2. The Labute approximate surface area is 110 Å². The summed E-state index contributed by atoms with van der Waals surface area (Å²) in [5.74, 6) is -0.420. The number of nitrogens with one attached hydrogen (secondary N) is 1. The van der Waals surface area contributed by atoms with Crippen LogP contribution in [0, 0.1) is 5.82 Å². The zero-order valence-corrected chi connectivity index (χ0v) is 10.7. The highest BCUT2D eigenvalue weighted by atomic mass is 19.1. The molecule has 0 unspecified atom stereocenters. The van der Waals surface area contributed by atoms with Gasteiger partial charge in [0.1, 0.15) is 5.82 Å². The first-order valence-electron chi connectivity index (χ1n) is 5.71. The van der Waals surface area contributed by atoms with Gasteiger partial charge in [-0.25, -0.2) is 9.07 Å². The summed E-state index contributed by atoms with van der Waals surface area (Å²) in [5, 5.41) is 6.76. The van der Waals surface area contributed by atoms with Gasteiger partial charge in [-0.3, -0.25) is 4.79 Å². The first kappa shape index (κ1) is 13.1. The molecule has 6 heteroatoms. The van der Waals surface area contributed by atoms with E-state index in [4.69, 9.17) is 4.74 Å². The molecule has 0 spiro atoms. The number of rotatable bonds is 4. The lowest BCUT2D eigenvalue weighted by molar-refractivity contribution is 0.0946. The van der Waals surface area contributed by atoms with Crippen LogP contribution in [-0.2, 0) is 13.6 Å². The van der Waals surface area contributed by atoms with Gasteiger partial charge in [0.15, 0.2) is 0 Å². The Morgan fingerprint density at radius 3 is 2.84 bits per heavy atom. The fourth-order valence-electron chi connectivity index (χ4n) is 1.70. The number of aryl methyl sites for hydroxylation is 1. The van der Waals surface area contributed by atoms with Gasteiger partial charge >= 0.3 is 0 Å². The van der Waals surface area contributed by atoms with Crippen LogP contribution in [0.15, 0.2) is 30.3 Å². The standard InChI is InChI=1S/C13H14FN3O2/c1-17-12(19-2)7-9(16-17)8-15-13(18)10-5-3-4-6-11(10)14/h3-7H,8H2,1-2H3,(H,15,18). The molecular formula is C13H14FN3O2. The Morgan fingerprint density at radius 1 is 1.47 bits per heavy atom. The number of halogens is 1. The summed E-state index contributed by atoms with van der Waals surface area (Å²) in [6.07, 6.45) is 0. The average molecular weight is 263 g/mol. The van der Waals surface area contributed by atoms with E-state index in [1.165, 1.54) is 18.2 Å². The minimum absolute atomic E-state index is 0.0189. The molecule has 5 nitrogen and oxygen atoms in total. The van der Waals surface area contributed by atoms with E-state index in [1.54, 1.807) is 31.0 Å². The van der Waals surface area contributed by atoms with Gasteiger partial charge in [0.2, 0.25) is 5.88 Å². The lowest BCUT2D eigenvalue weighted by Gasteiger charge is -2.03. The normalized spacial score (nSPS) is 10.3. The smallest absolute Gasteiger partial charge is 0.254 e. The van der Waals surface area contributed by atoms with Crippen LogP contribution in [0.5, 0.6) is 5.88 Å². The number of carbonyl (C=O) groups excluding carboxylic acids is 1. The van der Waals surface area contributed by atoms with Gasteiger partial charge in [-0.15, -0.1) is 0 Å². The molecule has 1 amide bonds. The summed E-state index contributed by atoms with van der Waals surface area (Å²) in [4.78, 5) is 11.8. The molecular weight excluding hydrogens is 249 g/mol. The van der Waals surface area contributed by atoms with Gasteiger partial charge in [-0.05, 0) is 12.1 Å². The zero-order chi connectivity index (χ0) is 13.8. The average Bonchev–Trinajstić information content (AvgIpc) is 2.77. The molecule has 0 aliphatic carbocycles. The summed E-state index contributed by atoms with van der Waals surface area (Å²) in [7, 11) is 3.28. The molecule has 2 aromatic rings. The highest BCUT2D eigenvalue weighted by Gasteiger charge is 2.11. The van der Waals surface area contributed by atoms with Crippen LogP contribution in [0.3, 0.4) is 0 Å². The second kappa shape index (κ2) is 5.51. The third-order valence-electron chi connectivity index (χ3n) is 2.65. The Bertz CT molecular complexity index is 595. The molecule has 0 radical (unpaired) electrons. The molecule has 1 aromatic heterocycles. The molecule has 1 heterocycles.